The minimum Gasteiger partial charge on any atom is -0.393 e. The topological polar surface area (TPSA) is 125 Å². The number of nitrogens with one attached hydrogen (secondary N) is 2. The van der Waals surface area contributed by atoms with Crippen LogP contribution >= 0.6 is 0 Å². The predicted molar refractivity (Wildman–Crippen MR) is 173 cm³/mol. The average Bonchev–Trinajstić information content (AvgIpc) is 3.36. The molecule has 0 amide bonds. The largest absolute Gasteiger partial charge is 0.393 e. The average molecular weight is 612 g/mol. The fourth-order valence-corrected chi connectivity index (χ4v) is 11.9. The molecule has 4 rings (SSSR count). The van der Waals surface area contributed by atoms with Gasteiger partial charge in [-0.15, -0.1) is 0 Å². The zero-order valence-electron chi connectivity index (χ0n) is 27.4. The number of hydrogen-bond donors (Lipinski definition) is 5. The Hall–Kier alpha value is -0.250. The number of nitrogens with two attached hydrogens (primary N) is 1. The van der Waals surface area contributed by atoms with Crippen molar-refractivity contribution in [2.75, 3.05) is 26.2 Å². The van der Waals surface area contributed by atoms with Gasteiger partial charge < -0.3 is 21.5 Å². The van der Waals surface area contributed by atoms with Gasteiger partial charge in [-0.25, -0.2) is 0 Å². The summed E-state index contributed by atoms with van der Waals surface area (Å²) < 4.78 is 33.7. The van der Waals surface area contributed by atoms with Crippen LogP contribution in [0.5, 0.6) is 0 Å². The maximum Gasteiger partial charge on any atom is 0.268 e. The third-order valence-electron chi connectivity index (χ3n) is 12.9. The van der Waals surface area contributed by atoms with Gasteiger partial charge in [0, 0.05) is 6.04 Å². The highest BCUT2D eigenvalue weighted by molar-refractivity contribution is 7.86. The van der Waals surface area contributed by atoms with Crippen LogP contribution in [0.3, 0.4) is 0 Å². The van der Waals surface area contributed by atoms with E-state index in [0.717, 1.165) is 58.3 Å². The lowest BCUT2D eigenvalue weighted by Crippen LogP contribution is -2.59. The van der Waals surface area contributed by atoms with Crippen molar-refractivity contribution in [2.24, 2.45) is 64.4 Å². The molecule has 4 saturated carbocycles. The monoisotopic (exact) mass is 611 g/mol. The highest BCUT2D eigenvalue weighted by Crippen LogP contribution is 2.65. The molecular weight excluding hydrogens is 546 g/mol. The lowest BCUT2D eigenvalue weighted by atomic mass is 9.44. The maximum atomic E-state index is 12.0. The first-order valence-electron chi connectivity index (χ1n) is 17.7. The van der Waals surface area contributed by atoms with Crippen LogP contribution in [0.2, 0.25) is 0 Å². The lowest BCUT2D eigenvalue weighted by molar-refractivity contribution is -0.160. The van der Waals surface area contributed by atoms with E-state index in [0.29, 0.717) is 65.2 Å². The standard InChI is InChI=1S/C34H65N3O4S/c1-22(2)31(42(39,40)41)12-9-23(3)27-10-11-28-32(27)24(4)19-29-33(28)30(38)21-25-20-26(13-14-34(25,29)5)37-18-8-17-36-16-7-6-15-35/h22-33,36-38H,6-21,35H2,1-5H3,(H,39,40,41)/t23-,24-,25-,26+,27?,28?,29?,30-,31?,32?,33?,34+/m1/s1. The van der Waals surface area contributed by atoms with E-state index in [9.17, 15) is 18.1 Å². The third-order valence-corrected chi connectivity index (χ3v) is 14.5. The van der Waals surface area contributed by atoms with Crippen molar-refractivity contribution >= 4 is 10.1 Å². The molecule has 4 fully saturated rings. The summed E-state index contributed by atoms with van der Waals surface area (Å²) in [6.07, 6.45) is 12.9. The van der Waals surface area contributed by atoms with Crippen molar-refractivity contribution in [2.45, 2.75) is 129 Å². The Bertz CT molecular complexity index is 947. The Labute approximate surface area is 258 Å². The zero-order valence-corrected chi connectivity index (χ0v) is 28.3. The van der Waals surface area contributed by atoms with Crippen molar-refractivity contribution in [1.82, 2.24) is 10.6 Å². The fourth-order valence-electron chi connectivity index (χ4n) is 10.7. The van der Waals surface area contributed by atoms with E-state index in [4.69, 9.17) is 5.73 Å². The molecule has 0 saturated heterocycles. The summed E-state index contributed by atoms with van der Waals surface area (Å²) in [5.41, 5.74) is 5.91. The highest BCUT2D eigenvalue weighted by atomic mass is 32.2. The molecule has 4 aliphatic rings. The van der Waals surface area contributed by atoms with Gasteiger partial charge >= 0.3 is 0 Å². The van der Waals surface area contributed by atoms with Gasteiger partial charge in [0.05, 0.1) is 11.4 Å². The summed E-state index contributed by atoms with van der Waals surface area (Å²) in [4.78, 5) is 0. The molecule has 7 nitrogen and oxygen atoms in total. The molecule has 4 aliphatic carbocycles. The second kappa shape index (κ2) is 14.9. The molecule has 8 heteroatoms. The van der Waals surface area contributed by atoms with Gasteiger partial charge in [-0.1, -0.05) is 34.6 Å². The van der Waals surface area contributed by atoms with E-state index in [-0.39, 0.29) is 12.0 Å². The molecule has 0 spiro atoms. The molecule has 0 aromatic carbocycles. The van der Waals surface area contributed by atoms with Gasteiger partial charge in [-0.3, -0.25) is 4.55 Å². The summed E-state index contributed by atoms with van der Waals surface area (Å²) in [5, 5.41) is 18.5. The summed E-state index contributed by atoms with van der Waals surface area (Å²) in [5.74, 6) is 4.44. The Kier molecular flexibility index (Phi) is 12.3. The Morgan fingerprint density at radius 2 is 1.69 bits per heavy atom. The Morgan fingerprint density at radius 1 is 0.952 bits per heavy atom. The van der Waals surface area contributed by atoms with Gasteiger partial charge in [0.2, 0.25) is 0 Å². The molecule has 6 N–H and O–H groups in total. The highest BCUT2D eigenvalue weighted by Gasteiger charge is 2.61. The molecule has 0 aromatic heterocycles. The molecule has 0 heterocycles. The van der Waals surface area contributed by atoms with Crippen molar-refractivity contribution in [3.05, 3.63) is 0 Å². The van der Waals surface area contributed by atoms with Crippen LogP contribution in [0.1, 0.15) is 112 Å². The van der Waals surface area contributed by atoms with E-state index in [1.807, 2.05) is 13.8 Å². The number of fused-ring (bicyclic) bond motifs is 5. The second-order valence-corrected chi connectivity index (χ2v) is 17.4. The van der Waals surface area contributed by atoms with Crippen LogP contribution in [-0.4, -0.2) is 61.7 Å². The smallest absolute Gasteiger partial charge is 0.268 e. The van der Waals surface area contributed by atoms with Crippen molar-refractivity contribution < 1.29 is 18.1 Å². The van der Waals surface area contributed by atoms with Crippen molar-refractivity contribution in [1.29, 1.82) is 0 Å². The van der Waals surface area contributed by atoms with Gasteiger partial charge in [0.15, 0.2) is 0 Å². The molecular formula is C34H65N3O4S. The van der Waals surface area contributed by atoms with Crippen LogP contribution in [0.15, 0.2) is 0 Å². The summed E-state index contributed by atoms with van der Waals surface area (Å²) in [7, 11) is -4.02. The van der Waals surface area contributed by atoms with E-state index in [1.165, 1.54) is 38.5 Å². The number of hydrogen-bond acceptors (Lipinski definition) is 6. The van der Waals surface area contributed by atoms with Gasteiger partial charge in [-0.05, 0) is 162 Å². The van der Waals surface area contributed by atoms with Crippen LogP contribution in [0.25, 0.3) is 0 Å². The second-order valence-electron chi connectivity index (χ2n) is 15.8. The van der Waals surface area contributed by atoms with E-state index in [2.05, 4.69) is 31.4 Å². The van der Waals surface area contributed by atoms with Crippen LogP contribution in [-0.2, 0) is 10.1 Å². The number of aliphatic hydroxyl groups excluding tert-OH is 1. The first kappa shape index (κ1) is 34.6. The van der Waals surface area contributed by atoms with Gasteiger partial charge in [0.1, 0.15) is 0 Å². The molecule has 42 heavy (non-hydrogen) atoms. The van der Waals surface area contributed by atoms with E-state index >= 15 is 0 Å². The molecule has 0 aromatic rings. The normalized spacial score (nSPS) is 39.9. The molecule has 0 aliphatic heterocycles. The minimum atomic E-state index is -4.02. The van der Waals surface area contributed by atoms with Crippen LogP contribution < -0.4 is 16.4 Å². The van der Waals surface area contributed by atoms with Crippen molar-refractivity contribution in [3.63, 3.8) is 0 Å². The van der Waals surface area contributed by atoms with Crippen molar-refractivity contribution in [3.8, 4) is 0 Å². The summed E-state index contributed by atoms with van der Waals surface area (Å²) in [6, 6.07) is 0.576. The SMILES string of the molecule is CC(C)C(CC[C@@H](C)C1CCC2C1[C@H](C)CC1C2[C@H](O)C[C@H]2C[C@@H](NCCCNCCCCN)CC[C@]12C)S(=O)(=O)O. The molecule has 6 unspecified atom stereocenters. The predicted octanol–water partition coefficient (Wildman–Crippen LogP) is 5.48. The molecule has 0 bridgehead atoms. The first-order chi connectivity index (χ1) is 19.9. The summed E-state index contributed by atoms with van der Waals surface area (Å²) >= 11 is 0. The Balaban J connectivity index is 1.32. The van der Waals surface area contributed by atoms with Gasteiger partial charge in [0.25, 0.3) is 10.1 Å². The number of unbranched alkanes of at least 4 members (excludes halogenated alkanes) is 1. The zero-order chi connectivity index (χ0) is 30.7. The third kappa shape index (κ3) is 7.75. The first-order valence-corrected chi connectivity index (χ1v) is 19.2. The van der Waals surface area contributed by atoms with Crippen LogP contribution in [0.4, 0.5) is 0 Å². The summed E-state index contributed by atoms with van der Waals surface area (Å²) in [6.45, 7) is 15.1. The number of aliphatic hydroxyl groups is 1. The Morgan fingerprint density at radius 3 is 2.38 bits per heavy atom. The van der Waals surface area contributed by atoms with Gasteiger partial charge in [-0.2, -0.15) is 8.42 Å². The molecule has 0 radical (unpaired) electrons. The fraction of sp³-hybridized carbons (Fsp3) is 1.00. The number of rotatable bonds is 15. The minimum absolute atomic E-state index is 0.0807. The maximum absolute atomic E-state index is 12.0. The quantitative estimate of drug-likeness (QED) is 0.123. The van der Waals surface area contributed by atoms with E-state index in [1.54, 1.807) is 0 Å². The molecule has 12 atom stereocenters. The molecule has 246 valence electrons. The lowest BCUT2D eigenvalue weighted by Gasteiger charge is -2.62. The van der Waals surface area contributed by atoms with E-state index < -0.39 is 15.4 Å². The van der Waals surface area contributed by atoms with Crippen LogP contribution in [0, 0.1) is 58.7 Å².